The number of anilines is 1. The van der Waals surface area contributed by atoms with E-state index in [4.69, 9.17) is 20.9 Å². The largest absolute Gasteiger partial charge is 0.383 e. The molecule has 1 aromatic carbocycles. The molecule has 7 heteroatoms. The van der Waals surface area contributed by atoms with Crippen molar-refractivity contribution in [2.45, 2.75) is 5.75 Å². The van der Waals surface area contributed by atoms with Crippen LogP contribution in [0.3, 0.4) is 0 Å². The first kappa shape index (κ1) is 16.7. The van der Waals surface area contributed by atoms with E-state index >= 15 is 0 Å². The van der Waals surface area contributed by atoms with E-state index in [1.807, 2.05) is 12.1 Å². The molecule has 0 aromatic heterocycles. The van der Waals surface area contributed by atoms with Crippen LogP contribution in [0.2, 0.25) is 5.02 Å². The molecule has 118 valence electrons. The summed E-state index contributed by atoms with van der Waals surface area (Å²) in [6.45, 7) is 5.43. The van der Waals surface area contributed by atoms with Crippen molar-refractivity contribution in [1.29, 1.82) is 0 Å². The van der Waals surface area contributed by atoms with Gasteiger partial charge in [-0.3, -0.25) is 4.90 Å². The van der Waals surface area contributed by atoms with E-state index in [9.17, 15) is 4.21 Å². The first-order valence-electron chi connectivity index (χ1n) is 6.93. The zero-order valence-corrected chi connectivity index (χ0v) is 13.7. The molecule has 1 heterocycles. The monoisotopic (exact) mass is 332 g/mol. The summed E-state index contributed by atoms with van der Waals surface area (Å²) in [6, 6.07) is 5.66. The maximum atomic E-state index is 11.0. The maximum Gasteiger partial charge on any atom is 0.157 e. The van der Waals surface area contributed by atoms with E-state index in [1.165, 1.54) is 0 Å². The lowest BCUT2D eigenvalue weighted by molar-refractivity contribution is 0.144. The minimum absolute atomic E-state index is 0.0699. The highest BCUT2D eigenvalue weighted by atomic mass is 35.5. The van der Waals surface area contributed by atoms with Crippen LogP contribution in [0.15, 0.2) is 18.2 Å². The van der Waals surface area contributed by atoms with Gasteiger partial charge in [-0.2, -0.15) is 0 Å². The SMILES string of the molecule is COCCN1CCN(c2cccc(CS(=O)O)c2Cl)CC1. The highest BCUT2D eigenvalue weighted by molar-refractivity contribution is 7.78. The second-order valence-corrected chi connectivity index (χ2v) is 6.35. The molecule has 0 spiro atoms. The third kappa shape index (κ3) is 4.66. The Morgan fingerprint density at radius 1 is 1.33 bits per heavy atom. The highest BCUT2D eigenvalue weighted by Crippen LogP contribution is 2.30. The number of rotatable bonds is 6. The molecule has 1 saturated heterocycles. The van der Waals surface area contributed by atoms with Gasteiger partial charge in [-0.25, -0.2) is 4.21 Å². The van der Waals surface area contributed by atoms with Crippen molar-refractivity contribution in [2.75, 3.05) is 51.3 Å². The maximum absolute atomic E-state index is 11.0. The summed E-state index contributed by atoms with van der Waals surface area (Å²) in [4.78, 5) is 4.59. The van der Waals surface area contributed by atoms with Gasteiger partial charge in [-0.15, -0.1) is 0 Å². The Labute approximate surface area is 133 Å². The van der Waals surface area contributed by atoms with E-state index in [0.29, 0.717) is 5.02 Å². The van der Waals surface area contributed by atoms with Gasteiger partial charge in [0.2, 0.25) is 0 Å². The van der Waals surface area contributed by atoms with Crippen LogP contribution in [-0.4, -0.2) is 60.1 Å². The summed E-state index contributed by atoms with van der Waals surface area (Å²) < 4.78 is 25.1. The standard InChI is InChI=1S/C14H21ClN2O3S/c1-20-10-9-16-5-7-17(8-6-16)13-4-2-3-12(14(13)15)11-21(18)19/h2-4H,5-11H2,1H3,(H,18,19). The molecule has 2 rings (SSSR count). The number of piperazine rings is 1. The zero-order chi connectivity index (χ0) is 15.2. The molecule has 1 N–H and O–H groups in total. The molecule has 0 saturated carbocycles. The van der Waals surface area contributed by atoms with E-state index in [1.54, 1.807) is 13.2 Å². The lowest BCUT2D eigenvalue weighted by Crippen LogP contribution is -2.47. The molecule has 1 unspecified atom stereocenters. The van der Waals surface area contributed by atoms with E-state index in [2.05, 4.69) is 9.80 Å². The van der Waals surface area contributed by atoms with Crippen molar-refractivity contribution in [2.24, 2.45) is 0 Å². The first-order valence-corrected chi connectivity index (χ1v) is 8.58. The Bertz CT molecular complexity index is 493. The molecule has 1 atom stereocenters. The van der Waals surface area contributed by atoms with E-state index < -0.39 is 11.1 Å². The Hall–Kier alpha value is -0.660. The van der Waals surface area contributed by atoms with Crippen molar-refractivity contribution >= 4 is 28.4 Å². The third-order valence-corrected chi connectivity index (χ3v) is 4.66. The number of hydrogen-bond donors (Lipinski definition) is 1. The second-order valence-electron chi connectivity index (χ2n) is 5.04. The summed E-state index contributed by atoms with van der Waals surface area (Å²) in [5, 5.41) is 0.588. The quantitative estimate of drug-likeness (QED) is 0.805. The van der Waals surface area contributed by atoms with Crippen LogP contribution in [-0.2, 0) is 21.6 Å². The van der Waals surface area contributed by atoms with Gasteiger partial charge >= 0.3 is 0 Å². The number of hydrogen-bond acceptors (Lipinski definition) is 4. The van der Waals surface area contributed by atoms with E-state index in [-0.39, 0.29) is 5.75 Å². The van der Waals surface area contributed by atoms with Gasteiger partial charge in [0, 0.05) is 39.8 Å². The van der Waals surface area contributed by atoms with Gasteiger partial charge in [0.05, 0.1) is 23.1 Å². The van der Waals surface area contributed by atoms with Gasteiger partial charge in [0.25, 0.3) is 0 Å². The number of benzene rings is 1. The minimum atomic E-state index is -1.87. The minimum Gasteiger partial charge on any atom is -0.383 e. The summed E-state index contributed by atoms with van der Waals surface area (Å²) >= 11 is 4.51. The number of methoxy groups -OCH3 is 1. The lowest BCUT2D eigenvalue weighted by atomic mass is 10.2. The Balaban J connectivity index is 2.01. The van der Waals surface area contributed by atoms with E-state index in [0.717, 1.165) is 50.6 Å². The lowest BCUT2D eigenvalue weighted by Gasteiger charge is -2.36. The zero-order valence-electron chi connectivity index (χ0n) is 12.1. The average Bonchev–Trinajstić information content (AvgIpc) is 2.47. The van der Waals surface area contributed by atoms with Crippen LogP contribution in [0.4, 0.5) is 5.69 Å². The summed E-state index contributed by atoms with van der Waals surface area (Å²) in [5.41, 5.74) is 1.67. The fraction of sp³-hybridized carbons (Fsp3) is 0.571. The van der Waals surface area contributed by atoms with Crippen molar-refractivity contribution in [1.82, 2.24) is 4.90 Å². The molecule has 1 aliphatic rings. The van der Waals surface area contributed by atoms with Crippen LogP contribution in [0.5, 0.6) is 0 Å². The molecule has 0 aliphatic carbocycles. The molecule has 0 radical (unpaired) electrons. The molecule has 0 amide bonds. The number of ether oxygens (including phenoxy) is 1. The third-order valence-electron chi connectivity index (χ3n) is 3.66. The summed E-state index contributed by atoms with van der Waals surface area (Å²) in [7, 11) is 1.71. The van der Waals surface area contributed by atoms with Crippen molar-refractivity contribution in [3.63, 3.8) is 0 Å². The predicted molar refractivity (Wildman–Crippen MR) is 86.5 cm³/mol. The molecule has 1 aliphatic heterocycles. The van der Waals surface area contributed by atoms with Crippen LogP contribution < -0.4 is 4.90 Å². The number of halogens is 1. The molecular weight excluding hydrogens is 312 g/mol. The fourth-order valence-electron chi connectivity index (χ4n) is 2.49. The molecule has 1 aromatic rings. The molecular formula is C14H21ClN2O3S. The van der Waals surface area contributed by atoms with Gasteiger partial charge in [0.15, 0.2) is 11.1 Å². The normalized spacial score (nSPS) is 18.0. The van der Waals surface area contributed by atoms with Gasteiger partial charge < -0.3 is 14.2 Å². The van der Waals surface area contributed by atoms with Crippen LogP contribution >= 0.6 is 11.6 Å². The van der Waals surface area contributed by atoms with Crippen molar-refractivity contribution < 1.29 is 13.5 Å². The molecule has 21 heavy (non-hydrogen) atoms. The summed E-state index contributed by atoms with van der Waals surface area (Å²) in [6.07, 6.45) is 0. The van der Waals surface area contributed by atoms with Gasteiger partial charge in [-0.05, 0) is 11.6 Å². The van der Waals surface area contributed by atoms with Crippen molar-refractivity contribution in [3.8, 4) is 0 Å². The van der Waals surface area contributed by atoms with Crippen LogP contribution in [0, 0.1) is 0 Å². The first-order chi connectivity index (χ1) is 10.1. The Kier molecular flexibility index (Phi) is 6.44. The smallest absolute Gasteiger partial charge is 0.157 e. The van der Waals surface area contributed by atoms with Gasteiger partial charge in [0.1, 0.15) is 0 Å². The predicted octanol–water partition coefficient (Wildman–Crippen LogP) is 1.83. The second kappa shape index (κ2) is 8.10. The molecule has 5 nitrogen and oxygen atoms in total. The fourth-order valence-corrected chi connectivity index (χ4v) is 3.39. The number of nitrogens with zero attached hydrogens (tertiary/aromatic N) is 2. The Morgan fingerprint density at radius 2 is 2.05 bits per heavy atom. The van der Waals surface area contributed by atoms with Crippen LogP contribution in [0.1, 0.15) is 5.56 Å². The highest BCUT2D eigenvalue weighted by Gasteiger charge is 2.19. The molecule has 0 bridgehead atoms. The average molecular weight is 333 g/mol. The van der Waals surface area contributed by atoms with Crippen LogP contribution in [0.25, 0.3) is 0 Å². The summed E-state index contributed by atoms with van der Waals surface area (Å²) in [5.74, 6) is 0.0699. The molecule has 1 fully saturated rings. The Morgan fingerprint density at radius 3 is 2.67 bits per heavy atom. The van der Waals surface area contributed by atoms with Gasteiger partial charge in [-0.1, -0.05) is 23.7 Å². The van der Waals surface area contributed by atoms with Crippen molar-refractivity contribution in [3.05, 3.63) is 28.8 Å². The topological polar surface area (TPSA) is 53.0 Å².